The number of hydrogen-bond donors (Lipinski definition) is 1. The van der Waals surface area contributed by atoms with Crippen molar-refractivity contribution in [2.45, 2.75) is 65.2 Å². The maximum absolute atomic E-state index is 6.05. The van der Waals surface area contributed by atoms with Gasteiger partial charge in [0.05, 0.1) is 24.9 Å². The maximum Gasteiger partial charge on any atom is 0.0754 e. The fraction of sp³-hybridized carbons (Fsp3) is 1.00. The summed E-state index contributed by atoms with van der Waals surface area (Å²) in [5, 5.41) is 3.41. The highest BCUT2D eigenvalue weighted by atomic mass is 16.5. The van der Waals surface area contributed by atoms with E-state index in [4.69, 9.17) is 9.47 Å². The molecule has 1 fully saturated rings. The molecule has 1 saturated carbocycles. The first kappa shape index (κ1) is 15.9. The fourth-order valence-electron chi connectivity index (χ4n) is 2.92. The van der Waals surface area contributed by atoms with Crippen molar-refractivity contribution >= 4 is 0 Å². The Labute approximate surface area is 113 Å². The minimum absolute atomic E-state index is 0.0710. The van der Waals surface area contributed by atoms with E-state index in [1.165, 1.54) is 12.8 Å². The van der Waals surface area contributed by atoms with E-state index in [0.29, 0.717) is 31.3 Å². The number of likely N-dealkylation sites (N-methyl/N-ethyl adjacent to an activating group) is 1. The molecule has 0 aromatic rings. The minimum Gasteiger partial charge on any atom is -0.374 e. The van der Waals surface area contributed by atoms with Crippen molar-refractivity contribution in [1.82, 2.24) is 5.32 Å². The fourth-order valence-corrected chi connectivity index (χ4v) is 2.92. The second-order valence-electron chi connectivity index (χ2n) is 6.75. The highest BCUT2D eigenvalue weighted by Crippen LogP contribution is 2.30. The van der Waals surface area contributed by atoms with Gasteiger partial charge in [-0.2, -0.15) is 0 Å². The number of ether oxygens (including phenoxy) is 2. The Bertz CT molecular complexity index is 237. The molecule has 1 rings (SSSR count). The van der Waals surface area contributed by atoms with Crippen LogP contribution in [0.25, 0.3) is 0 Å². The molecule has 1 aliphatic rings. The molecule has 0 spiro atoms. The number of rotatable bonds is 5. The minimum atomic E-state index is -0.0710. The molecule has 3 heteroatoms. The SMILES string of the molecule is CNC1CC(C)CC(C)C1OCCOC(C)(C)C. The summed E-state index contributed by atoms with van der Waals surface area (Å²) in [4.78, 5) is 0. The van der Waals surface area contributed by atoms with Crippen LogP contribution >= 0.6 is 0 Å². The van der Waals surface area contributed by atoms with Crippen molar-refractivity contribution < 1.29 is 9.47 Å². The van der Waals surface area contributed by atoms with Crippen LogP contribution in [-0.2, 0) is 9.47 Å². The van der Waals surface area contributed by atoms with Crippen molar-refractivity contribution in [3.63, 3.8) is 0 Å². The maximum atomic E-state index is 6.05. The normalized spacial score (nSPS) is 33.7. The zero-order chi connectivity index (χ0) is 13.8. The van der Waals surface area contributed by atoms with Gasteiger partial charge in [0.1, 0.15) is 0 Å². The van der Waals surface area contributed by atoms with Crippen molar-refractivity contribution in [3.05, 3.63) is 0 Å². The molecule has 4 atom stereocenters. The first-order valence-electron chi connectivity index (χ1n) is 7.26. The Morgan fingerprint density at radius 2 is 1.78 bits per heavy atom. The van der Waals surface area contributed by atoms with Gasteiger partial charge in [0.2, 0.25) is 0 Å². The molecule has 1 N–H and O–H groups in total. The van der Waals surface area contributed by atoms with Crippen LogP contribution in [0.15, 0.2) is 0 Å². The van der Waals surface area contributed by atoms with E-state index >= 15 is 0 Å². The first-order valence-corrected chi connectivity index (χ1v) is 7.26. The van der Waals surface area contributed by atoms with E-state index in [0.717, 1.165) is 5.92 Å². The lowest BCUT2D eigenvalue weighted by Gasteiger charge is -2.39. The highest BCUT2D eigenvalue weighted by Gasteiger charge is 2.33. The lowest BCUT2D eigenvalue weighted by Crippen LogP contribution is -2.48. The Balaban J connectivity index is 2.34. The first-order chi connectivity index (χ1) is 8.33. The van der Waals surface area contributed by atoms with E-state index < -0.39 is 0 Å². The van der Waals surface area contributed by atoms with Crippen molar-refractivity contribution in [2.75, 3.05) is 20.3 Å². The third-order valence-corrected chi connectivity index (χ3v) is 3.69. The molecule has 0 aromatic carbocycles. The van der Waals surface area contributed by atoms with Crippen LogP contribution in [0.1, 0.15) is 47.5 Å². The third kappa shape index (κ3) is 5.25. The third-order valence-electron chi connectivity index (χ3n) is 3.69. The average molecular weight is 257 g/mol. The molecular weight excluding hydrogens is 226 g/mol. The second kappa shape index (κ2) is 6.88. The largest absolute Gasteiger partial charge is 0.374 e. The second-order valence-corrected chi connectivity index (χ2v) is 6.75. The van der Waals surface area contributed by atoms with Gasteiger partial charge in [-0.05, 0) is 52.5 Å². The lowest BCUT2D eigenvalue weighted by atomic mass is 9.78. The Morgan fingerprint density at radius 1 is 1.11 bits per heavy atom. The van der Waals surface area contributed by atoms with E-state index in [1.807, 2.05) is 7.05 Å². The van der Waals surface area contributed by atoms with Crippen molar-refractivity contribution in [2.24, 2.45) is 11.8 Å². The standard InChI is InChI=1S/C15H31NO2/c1-11-9-12(2)14(13(10-11)16-6)17-7-8-18-15(3,4)5/h11-14,16H,7-10H2,1-6H3. The molecule has 0 bridgehead atoms. The van der Waals surface area contributed by atoms with Gasteiger partial charge in [0.15, 0.2) is 0 Å². The predicted octanol–water partition coefficient (Wildman–Crippen LogP) is 2.84. The predicted molar refractivity (Wildman–Crippen MR) is 75.9 cm³/mol. The molecule has 0 saturated heterocycles. The topological polar surface area (TPSA) is 30.5 Å². The summed E-state index contributed by atoms with van der Waals surface area (Å²) in [6.07, 6.45) is 2.81. The average Bonchev–Trinajstić information content (AvgIpc) is 2.24. The van der Waals surface area contributed by atoms with Gasteiger partial charge in [-0.3, -0.25) is 0 Å². The molecule has 0 aromatic heterocycles. The smallest absolute Gasteiger partial charge is 0.0754 e. The molecule has 3 nitrogen and oxygen atoms in total. The molecule has 0 heterocycles. The van der Waals surface area contributed by atoms with Crippen LogP contribution in [0.5, 0.6) is 0 Å². The van der Waals surface area contributed by atoms with Gasteiger partial charge >= 0.3 is 0 Å². The van der Waals surface area contributed by atoms with Gasteiger partial charge < -0.3 is 14.8 Å². The van der Waals surface area contributed by atoms with E-state index in [9.17, 15) is 0 Å². The summed E-state index contributed by atoms with van der Waals surface area (Å²) in [5.74, 6) is 1.42. The zero-order valence-electron chi connectivity index (χ0n) is 13.0. The molecule has 18 heavy (non-hydrogen) atoms. The number of nitrogens with one attached hydrogen (secondary N) is 1. The Kier molecular flexibility index (Phi) is 6.09. The zero-order valence-corrected chi connectivity index (χ0v) is 13.0. The van der Waals surface area contributed by atoms with Gasteiger partial charge in [-0.25, -0.2) is 0 Å². The van der Waals surface area contributed by atoms with Crippen LogP contribution in [0, 0.1) is 11.8 Å². The Morgan fingerprint density at radius 3 is 2.33 bits per heavy atom. The summed E-state index contributed by atoms with van der Waals surface area (Å²) < 4.78 is 11.8. The molecule has 0 radical (unpaired) electrons. The summed E-state index contributed by atoms with van der Waals surface area (Å²) in [6.45, 7) is 12.2. The van der Waals surface area contributed by atoms with Crippen LogP contribution < -0.4 is 5.32 Å². The van der Waals surface area contributed by atoms with Gasteiger partial charge in [0.25, 0.3) is 0 Å². The molecule has 4 unspecified atom stereocenters. The van der Waals surface area contributed by atoms with Gasteiger partial charge in [-0.1, -0.05) is 13.8 Å². The molecule has 0 aliphatic heterocycles. The van der Waals surface area contributed by atoms with Crippen molar-refractivity contribution in [3.8, 4) is 0 Å². The molecular formula is C15H31NO2. The van der Waals surface area contributed by atoms with E-state index in [2.05, 4.69) is 39.9 Å². The summed E-state index contributed by atoms with van der Waals surface area (Å²) in [6, 6.07) is 0.485. The van der Waals surface area contributed by atoms with Crippen LogP contribution in [0.2, 0.25) is 0 Å². The van der Waals surface area contributed by atoms with E-state index in [1.54, 1.807) is 0 Å². The number of hydrogen-bond acceptors (Lipinski definition) is 3. The summed E-state index contributed by atoms with van der Waals surface area (Å²) in [7, 11) is 2.04. The molecule has 1 aliphatic carbocycles. The van der Waals surface area contributed by atoms with Gasteiger partial charge in [0, 0.05) is 6.04 Å². The molecule has 108 valence electrons. The monoisotopic (exact) mass is 257 g/mol. The summed E-state index contributed by atoms with van der Waals surface area (Å²) in [5.41, 5.74) is -0.0710. The van der Waals surface area contributed by atoms with Crippen molar-refractivity contribution in [1.29, 1.82) is 0 Å². The van der Waals surface area contributed by atoms with Gasteiger partial charge in [-0.15, -0.1) is 0 Å². The summed E-state index contributed by atoms with van der Waals surface area (Å²) >= 11 is 0. The van der Waals surface area contributed by atoms with Crippen LogP contribution in [0.3, 0.4) is 0 Å². The van der Waals surface area contributed by atoms with Crippen LogP contribution in [0.4, 0.5) is 0 Å². The lowest BCUT2D eigenvalue weighted by molar-refractivity contribution is -0.0820. The molecule has 0 amide bonds. The van der Waals surface area contributed by atoms with Crippen LogP contribution in [-0.4, -0.2) is 38.0 Å². The van der Waals surface area contributed by atoms with E-state index in [-0.39, 0.29) is 5.60 Å². The Hall–Kier alpha value is -0.120. The highest BCUT2D eigenvalue weighted by molar-refractivity contribution is 4.87. The quantitative estimate of drug-likeness (QED) is 0.768.